The molecule has 6 heteroatoms. The molecule has 3 nitrogen and oxygen atoms in total. The molecule has 1 heterocycles. The van der Waals surface area contributed by atoms with Gasteiger partial charge in [0.05, 0.1) is 11.5 Å². The van der Waals surface area contributed by atoms with Crippen molar-refractivity contribution >= 4 is 17.3 Å². The molecule has 0 radical (unpaired) electrons. The summed E-state index contributed by atoms with van der Waals surface area (Å²) in [5, 5.41) is 0. The van der Waals surface area contributed by atoms with Crippen LogP contribution >= 0.6 is 0 Å². The lowest BCUT2D eigenvalue weighted by atomic mass is 9.60. The van der Waals surface area contributed by atoms with Crippen molar-refractivity contribution in [3.8, 4) is 0 Å². The highest BCUT2D eigenvalue weighted by molar-refractivity contribution is 6.13. The van der Waals surface area contributed by atoms with E-state index in [0.29, 0.717) is 42.5 Å². The lowest BCUT2D eigenvalue weighted by Gasteiger charge is -2.44. The first-order valence-corrected chi connectivity index (χ1v) is 10.3. The average Bonchev–Trinajstić information content (AvgIpc) is 2.57. The zero-order chi connectivity index (χ0) is 22.1. The third kappa shape index (κ3) is 3.65. The van der Waals surface area contributed by atoms with E-state index in [1.165, 1.54) is 12.1 Å². The zero-order valence-corrected chi connectivity index (χ0v) is 17.7. The molecule has 0 saturated heterocycles. The molecule has 1 fully saturated rings. The van der Waals surface area contributed by atoms with Crippen LogP contribution in [0.3, 0.4) is 0 Å². The number of alkyl halides is 3. The van der Waals surface area contributed by atoms with Crippen molar-refractivity contribution in [1.82, 2.24) is 0 Å². The standard InChI is InChI=1S/C24H26F3NO2/c1-22(2)9-15-20(17(29)11-22)19(13-5-7-14(8-6-13)24(25,26)27)21-16(28-15)10-23(3,4)12-18(21)30/h5-8,19-20H,9-12H2,1-4H3/t19-,20?/m1/s1. The zero-order valence-electron chi connectivity index (χ0n) is 17.7. The van der Waals surface area contributed by atoms with Gasteiger partial charge in [0, 0.05) is 35.7 Å². The highest BCUT2D eigenvalue weighted by atomic mass is 19.4. The van der Waals surface area contributed by atoms with Crippen LogP contribution in [-0.4, -0.2) is 17.3 Å². The minimum absolute atomic E-state index is 0.0130. The van der Waals surface area contributed by atoms with Crippen LogP contribution in [0.1, 0.15) is 70.4 Å². The molecule has 1 unspecified atom stereocenters. The largest absolute Gasteiger partial charge is 0.416 e. The summed E-state index contributed by atoms with van der Waals surface area (Å²) in [4.78, 5) is 31.1. The fraction of sp³-hybridized carbons (Fsp3) is 0.542. The Hall–Kier alpha value is -2.24. The Morgan fingerprint density at radius 1 is 0.867 bits per heavy atom. The van der Waals surface area contributed by atoms with Crippen LogP contribution in [0.15, 0.2) is 40.5 Å². The van der Waals surface area contributed by atoms with Crippen LogP contribution in [-0.2, 0) is 15.8 Å². The molecular formula is C24H26F3NO2. The molecule has 1 aromatic rings. The molecule has 0 amide bonds. The summed E-state index contributed by atoms with van der Waals surface area (Å²) in [5.74, 6) is -1.16. The lowest BCUT2D eigenvalue weighted by Crippen LogP contribution is -2.45. The molecule has 1 saturated carbocycles. The van der Waals surface area contributed by atoms with Crippen molar-refractivity contribution in [3.05, 3.63) is 46.7 Å². The van der Waals surface area contributed by atoms with Gasteiger partial charge in [0.25, 0.3) is 0 Å². The van der Waals surface area contributed by atoms with Crippen molar-refractivity contribution in [1.29, 1.82) is 0 Å². The average molecular weight is 417 g/mol. The SMILES string of the molecule is CC1(C)CC(=O)C2C(=NC3=C(C(=O)CC(C)(C)C3)[C@@H]2c2ccc(C(F)(F)F)cc2)C1. The van der Waals surface area contributed by atoms with Gasteiger partial charge in [-0.3, -0.25) is 14.6 Å². The van der Waals surface area contributed by atoms with Crippen LogP contribution in [0, 0.1) is 16.7 Å². The molecule has 1 aliphatic heterocycles. The van der Waals surface area contributed by atoms with Crippen LogP contribution in [0.4, 0.5) is 13.2 Å². The minimum Gasteiger partial charge on any atom is -0.299 e. The molecular weight excluding hydrogens is 391 g/mol. The molecule has 0 bridgehead atoms. The first kappa shape index (κ1) is 21.0. The Bertz CT molecular complexity index is 981. The second-order valence-electron chi connectivity index (χ2n) is 10.5. The van der Waals surface area contributed by atoms with Crippen molar-refractivity contribution in [2.24, 2.45) is 21.7 Å². The minimum atomic E-state index is -4.43. The van der Waals surface area contributed by atoms with Crippen LogP contribution in [0.2, 0.25) is 0 Å². The molecule has 0 N–H and O–H groups in total. The van der Waals surface area contributed by atoms with Crippen LogP contribution < -0.4 is 0 Å². The normalized spacial score (nSPS) is 28.0. The smallest absolute Gasteiger partial charge is 0.299 e. The highest BCUT2D eigenvalue weighted by Crippen LogP contribution is 2.51. The summed E-state index contributed by atoms with van der Waals surface area (Å²) in [6.07, 6.45) is -2.45. The molecule has 0 spiro atoms. The van der Waals surface area contributed by atoms with Gasteiger partial charge in [-0.05, 0) is 41.4 Å². The van der Waals surface area contributed by atoms with Gasteiger partial charge in [-0.2, -0.15) is 13.2 Å². The molecule has 0 aromatic heterocycles. The monoisotopic (exact) mass is 417 g/mol. The van der Waals surface area contributed by atoms with E-state index in [2.05, 4.69) is 0 Å². The number of fused-ring (bicyclic) bond motifs is 1. The number of ketones is 2. The van der Waals surface area contributed by atoms with Gasteiger partial charge in [-0.15, -0.1) is 0 Å². The maximum absolute atomic E-state index is 13.2. The van der Waals surface area contributed by atoms with Gasteiger partial charge in [-0.25, -0.2) is 0 Å². The van der Waals surface area contributed by atoms with Gasteiger partial charge in [0.2, 0.25) is 0 Å². The summed E-state index contributed by atoms with van der Waals surface area (Å²) in [6.45, 7) is 8.08. The summed E-state index contributed by atoms with van der Waals surface area (Å²) in [7, 11) is 0. The second kappa shape index (κ2) is 6.63. The van der Waals surface area contributed by atoms with E-state index < -0.39 is 23.6 Å². The van der Waals surface area contributed by atoms with Gasteiger partial charge < -0.3 is 0 Å². The number of aliphatic imine (C=N–C) groups is 1. The maximum atomic E-state index is 13.2. The molecule has 1 aromatic carbocycles. The van der Waals surface area contributed by atoms with Gasteiger partial charge >= 0.3 is 6.18 Å². The number of rotatable bonds is 1. The second-order valence-corrected chi connectivity index (χ2v) is 10.5. The Morgan fingerprint density at radius 2 is 1.47 bits per heavy atom. The van der Waals surface area contributed by atoms with E-state index in [9.17, 15) is 22.8 Å². The lowest BCUT2D eigenvalue weighted by molar-refractivity contribution is -0.137. The number of hydrogen-bond donors (Lipinski definition) is 0. The summed E-state index contributed by atoms with van der Waals surface area (Å²) in [5.41, 5.74) is 1.39. The van der Waals surface area contributed by atoms with Crippen molar-refractivity contribution in [2.45, 2.75) is 65.5 Å². The third-order valence-electron chi connectivity index (χ3n) is 6.43. The third-order valence-corrected chi connectivity index (χ3v) is 6.43. The molecule has 4 rings (SSSR count). The maximum Gasteiger partial charge on any atom is 0.416 e. The van der Waals surface area contributed by atoms with E-state index >= 15 is 0 Å². The number of hydrogen-bond acceptors (Lipinski definition) is 3. The van der Waals surface area contributed by atoms with E-state index in [1.807, 2.05) is 27.7 Å². The summed E-state index contributed by atoms with van der Waals surface area (Å²) >= 11 is 0. The number of carbonyl (C=O) groups excluding carboxylic acids is 2. The number of nitrogens with zero attached hydrogens (tertiary/aromatic N) is 1. The number of Topliss-reactive ketones (excluding diaryl/α,β-unsaturated/α-hetero) is 2. The van der Waals surface area contributed by atoms with Gasteiger partial charge in [-0.1, -0.05) is 39.8 Å². The molecule has 2 atom stereocenters. The van der Waals surface area contributed by atoms with Gasteiger partial charge in [0.15, 0.2) is 5.78 Å². The first-order valence-electron chi connectivity index (χ1n) is 10.3. The van der Waals surface area contributed by atoms with E-state index in [1.54, 1.807) is 0 Å². The highest BCUT2D eigenvalue weighted by Gasteiger charge is 2.49. The predicted molar refractivity (Wildman–Crippen MR) is 108 cm³/mol. The number of benzene rings is 1. The van der Waals surface area contributed by atoms with Crippen molar-refractivity contribution in [3.63, 3.8) is 0 Å². The molecule has 160 valence electrons. The summed E-state index contributed by atoms with van der Waals surface area (Å²) in [6, 6.07) is 4.91. The molecule has 30 heavy (non-hydrogen) atoms. The molecule has 3 aliphatic rings. The fourth-order valence-electron chi connectivity index (χ4n) is 5.25. The Labute approximate surface area is 174 Å². The van der Waals surface area contributed by atoms with E-state index in [0.717, 1.165) is 17.8 Å². The van der Waals surface area contributed by atoms with Gasteiger partial charge in [0.1, 0.15) is 5.78 Å². The number of allylic oxidation sites excluding steroid dienone is 2. The Balaban J connectivity index is 1.86. The predicted octanol–water partition coefficient (Wildman–Crippen LogP) is 5.89. The Morgan fingerprint density at radius 3 is 2.07 bits per heavy atom. The quantitative estimate of drug-likeness (QED) is 0.572. The topological polar surface area (TPSA) is 46.5 Å². The molecule has 2 aliphatic carbocycles. The Kier molecular flexibility index (Phi) is 4.64. The summed E-state index contributed by atoms with van der Waals surface area (Å²) < 4.78 is 39.2. The van der Waals surface area contributed by atoms with Crippen LogP contribution in [0.5, 0.6) is 0 Å². The van der Waals surface area contributed by atoms with E-state index in [4.69, 9.17) is 4.99 Å². The van der Waals surface area contributed by atoms with E-state index in [-0.39, 0.29) is 22.4 Å². The van der Waals surface area contributed by atoms with Crippen LogP contribution in [0.25, 0.3) is 0 Å². The van der Waals surface area contributed by atoms with Crippen molar-refractivity contribution < 1.29 is 22.8 Å². The van der Waals surface area contributed by atoms with Crippen molar-refractivity contribution in [2.75, 3.05) is 0 Å². The number of halogens is 3. The number of carbonyl (C=O) groups is 2. The first-order chi connectivity index (χ1) is 13.8. The fourth-order valence-corrected chi connectivity index (χ4v) is 5.25.